The normalized spacial score (nSPS) is 11.2. The van der Waals surface area contributed by atoms with Crippen molar-refractivity contribution in [1.82, 2.24) is 14.5 Å². The maximum Gasteiger partial charge on any atom is 0.189 e. The van der Waals surface area contributed by atoms with Crippen LogP contribution in [-0.4, -0.2) is 26.1 Å². The van der Waals surface area contributed by atoms with Gasteiger partial charge in [0.1, 0.15) is 17.2 Å². The van der Waals surface area contributed by atoms with Crippen LogP contribution < -0.4 is 0 Å². The molecule has 0 bridgehead atoms. The minimum atomic E-state index is -0.259. The summed E-state index contributed by atoms with van der Waals surface area (Å²) in [6, 6.07) is 12.0. The van der Waals surface area contributed by atoms with Crippen molar-refractivity contribution in [2.24, 2.45) is 7.05 Å². The number of halogens is 1. The van der Waals surface area contributed by atoms with E-state index in [0.29, 0.717) is 11.4 Å². The molecule has 3 heterocycles. The van der Waals surface area contributed by atoms with Crippen molar-refractivity contribution in [3.8, 4) is 10.4 Å². The van der Waals surface area contributed by atoms with Gasteiger partial charge in [0.15, 0.2) is 5.78 Å². The van der Waals surface area contributed by atoms with E-state index in [1.54, 1.807) is 23.5 Å². The average molecular weight is 383 g/mol. The zero-order valence-corrected chi connectivity index (χ0v) is 15.5. The van der Waals surface area contributed by atoms with Gasteiger partial charge in [0.2, 0.25) is 0 Å². The summed E-state index contributed by atoms with van der Waals surface area (Å²) < 4.78 is 15.9. The Kier molecular flexibility index (Phi) is 4.57. The Morgan fingerprint density at radius 3 is 2.77 bits per heavy atom. The summed E-state index contributed by atoms with van der Waals surface area (Å²) in [4.78, 5) is 22.0. The molecule has 0 aliphatic heterocycles. The number of hydrogen-bond donors (Lipinski definition) is 0. The maximum atomic E-state index is 13.1. The van der Waals surface area contributed by atoms with Gasteiger partial charge in [-0.15, -0.1) is 11.3 Å². The zero-order valence-electron chi connectivity index (χ0n) is 13.8. The Balaban J connectivity index is 1.60. The van der Waals surface area contributed by atoms with E-state index in [-0.39, 0.29) is 11.6 Å². The number of nitrogens with zero attached hydrogens (tertiary/aromatic N) is 3. The number of thiophene rings is 1. The van der Waals surface area contributed by atoms with Crippen LogP contribution in [0.1, 0.15) is 10.5 Å². The van der Waals surface area contributed by atoms with Crippen LogP contribution in [-0.2, 0) is 7.05 Å². The minimum Gasteiger partial charge on any atom is -0.348 e. The van der Waals surface area contributed by atoms with Crippen molar-refractivity contribution in [3.05, 3.63) is 66.5 Å². The molecule has 0 saturated carbocycles. The first-order valence-electron chi connectivity index (χ1n) is 7.89. The Morgan fingerprint density at radius 1 is 1.23 bits per heavy atom. The van der Waals surface area contributed by atoms with E-state index in [4.69, 9.17) is 0 Å². The van der Waals surface area contributed by atoms with Crippen molar-refractivity contribution in [1.29, 1.82) is 0 Å². The van der Waals surface area contributed by atoms with E-state index in [0.717, 1.165) is 25.7 Å². The number of carbonyl (C=O) groups is 1. The van der Waals surface area contributed by atoms with E-state index in [1.807, 2.05) is 36.0 Å². The highest BCUT2D eigenvalue weighted by atomic mass is 32.2. The van der Waals surface area contributed by atoms with Gasteiger partial charge in [-0.3, -0.25) is 4.79 Å². The summed E-state index contributed by atoms with van der Waals surface area (Å²) >= 11 is 2.96. The molecule has 0 spiro atoms. The first-order chi connectivity index (χ1) is 12.6. The van der Waals surface area contributed by atoms with Crippen LogP contribution in [0.4, 0.5) is 4.39 Å². The minimum absolute atomic E-state index is 0.0598. The van der Waals surface area contributed by atoms with Gasteiger partial charge in [0.05, 0.1) is 21.7 Å². The standard InChI is InChI=1S/C19H14FN3OS2/c1-23-8-2-3-15(23)16(24)10-25-19-18-14(21-11-22-19)9-17(26-18)12-4-6-13(20)7-5-12/h2-9,11H,10H2,1H3. The van der Waals surface area contributed by atoms with E-state index < -0.39 is 0 Å². The van der Waals surface area contributed by atoms with Gasteiger partial charge in [-0.05, 0) is 35.9 Å². The van der Waals surface area contributed by atoms with Crippen LogP contribution >= 0.6 is 23.1 Å². The van der Waals surface area contributed by atoms with E-state index in [1.165, 1.54) is 30.2 Å². The van der Waals surface area contributed by atoms with Gasteiger partial charge in [-0.25, -0.2) is 14.4 Å². The summed E-state index contributed by atoms with van der Waals surface area (Å²) in [6.07, 6.45) is 3.37. The van der Waals surface area contributed by atoms with Crippen molar-refractivity contribution in [2.75, 3.05) is 5.75 Å². The summed E-state index contributed by atoms with van der Waals surface area (Å²) in [7, 11) is 1.86. The lowest BCUT2D eigenvalue weighted by atomic mass is 10.2. The van der Waals surface area contributed by atoms with Crippen molar-refractivity contribution in [3.63, 3.8) is 0 Å². The van der Waals surface area contributed by atoms with Crippen LogP contribution in [0.25, 0.3) is 20.7 Å². The Hall–Kier alpha value is -2.51. The van der Waals surface area contributed by atoms with Crippen molar-refractivity contribution < 1.29 is 9.18 Å². The molecule has 4 aromatic rings. The maximum absolute atomic E-state index is 13.1. The van der Waals surface area contributed by atoms with Gasteiger partial charge in [-0.2, -0.15) is 0 Å². The van der Waals surface area contributed by atoms with Crippen LogP contribution in [0.15, 0.2) is 60.0 Å². The molecule has 0 aliphatic carbocycles. The molecule has 130 valence electrons. The summed E-state index contributed by atoms with van der Waals surface area (Å²) in [5.41, 5.74) is 2.45. The number of rotatable bonds is 5. The molecule has 0 aliphatic rings. The number of aromatic nitrogens is 3. The first kappa shape index (κ1) is 16.9. The highest BCUT2D eigenvalue weighted by Crippen LogP contribution is 2.37. The fourth-order valence-electron chi connectivity index (χ4n) is 2.65. The summed E-state index contributed by atoms with van der Waals surface area (Å²) in [5.74, 6) is 0.114. The molecule has 0 amide bonds. The molecule has 0 atom stereocenters. The molecule has 0 unspecified atom stereocenters. The van der Waals surface area contributed by atoms with Crippen molar-refractivity contribution in [2.45, 2.75) is 5.03 Å². The summed E-state index contributed by atoms with van der Waals surface area (Å²) in [6.45, 7) is 0. The number of aryl methyl sites for hydroxylation is 1. The Bertz CT molecular complexity index is 1090. The third-order valence-corrected chi connectivity index (χ3v) is 6.28. The Morgan fingerprint density at radius 2 is 2.04 bits per heavy atom. The topological polar surface area (TPSA) is 47.8 Å². The van der Waals surface area contributed by atoms with Crippen LogP contribution in [0.3, 0.4) is 0 Å². The molecular formula is C19H14FN3OS2. The quantitative estimate of drug-likeness (QED) is 0.282. The number of benzene rings is 1. The lowest BCUT2D eigenvalue weighted by molar-refractivity contribution is 0.101. The third-order valence-electron chi connectivity index (χ3n) is 3.98. The zero-order chi connectivity index (χ0) is 18.1. The average Bonchev–Trinajstić information content (AvgIpc) is 3.26. The molecule has 1 aromatic carbocycles. The number of carbonyl (C=O) groups excluding carboxylic acids is 1. The van der Waals surface area contributed by atoms with Gasteiger partial charge in [0.25, 0.3) is 0 Å². The number of hydrogen-bond acceptors (Lipinski definition) is 5. The molecule has 0 saturated heterocycles. The second kappa shape index (κ2) is 7.01. The molecule has 7 heteroatoms. The van der Waals surface area contributed by atoms with E-state index in [2.05, 4.69) is 9.97 Å². The largest absolute Gasteiger partial charge is 0.348 e. The molecular weight excluding hydrogens is 369 g/mol. The fraction of sp³-hybridized carbons (Fsp3) is 0.105. The molecule has 26 heavy (non-hydrogen) atoms. The predicted octanol–water partition coefficient (Wildman–Crippen LogP) is 4.81. The van der Waals surface area contributed by atoms with Crippen LogP contribution in [0, 0.1) is 5.82 Å². The lowest BCUT2D eigenvalue weighted by Gasteiger charge is -2.03. The van der Waals surface area contributed by atoms with Gasteiger partial charge in [0, 0.05) is 18.1 Å². The molecule has 4 nitrogen and oxygen atoms in total. The van der Waals surface area contributed by atoms with Gasteiger partial charge < -0.3 is 4.57 Å². The van der Waals surface area contributed by atoms with Gasteiger partial charge in [-0.1, -0.05) is 23.9 Å². The SMILES string of the molecule is Cn1cccc1C(=O)CSc1ncnc2cc(-c3ccc(F)cc3)sc12. The first-order valence-corrected chi connectivity index (χ1v) is 9.70. The highest BCUT2D eigenvalue weighted by molar-refractivity contribution is 8.00. The van der Waals surface area contributed by atoms with Crippen molar-refractivity contribution >= 4 is 39.1 Å². The second-order valence-electron chi connectivity index (χ2n) is 5.73. The highest BCUT2D eigenvalue weighted by Gasteiger charge is 2.14. The number of ketones is 1. The smallest absolute Gasteiger partial charge is 0.189 e. The fourth-order valence-corrected chi connectivity index (χ4v) is 4.73. The third kappa shape index (κ3) is 3.27. The van der Waals surface area contributed by atoms with E-state index in [9.17, 15) is 9.18 Å². The van der Waals surface area contributed by atoms with E-state index >= 15 is 0 Å². The van der Waals surface area contributed by atoms with Crippen LogP contribution in [0.5, 0.6) is 0 Å². The van der Waals surface area contributed by atoms with Crippen LogP contribution in [0.2, 0.25) is 0 Å². The second-order valence-corrected chi connectivity index (χ2v) is 7.74. The molecule has 0 radical (unpaired) electrons. The number of Topliss-reactive ketones (excluding diaryl/α,β-unsaturated/α-hetero) is 1. The molecule has 0 N–H and O–H groups in total. The molecule has 4 rings (SSSR count). The summed E-state index contributed by atoms with van der Waals surface area (Å²) in [5, 5.41) is 0.788. The van der Waals surface area contributed by atoms with Gasteiger partial charge >= 0.3 is 0 Å². The number of thioether (sulfide) groups is 1. The molecule has 0 fully saturated rings. The predicted molar refractivity (Wildman–Crippen MR) is 103 cm³/mol. The molecule has 3 aromatic heterocycles. The monoisotopic (exact) mass is 383 g/mol. The Labute approximate surface area is 157 Å². The number of fused-ring (bicyclic) bond motifs is 1. The lowest BCUT2D eigenvalue weighted by Crippen LogP contribution is -2.07.